The van der Waals surface area contributed by atoms with Crippen LogP contribution in [0.15, 0.2) is 24.3 Å². The molecule has 0 fully saturated rings. The molecule has 2 atom stereocenters. The highest BCUT2D eigenvalue weighted by atomic mass is 35.5. The summed E-state index contributed by atoms with van der Waals surface area (Å²) in [6, 6.07) is 4.92. The van der Waals surface area contributed by atoms with Crippen molar-refractivity contribution in [3.05, 3.63) is 46.2 Å². The summed E-state index contributed by atoms with van der Waals surface area (Å²) in [7, 11) is 1.30. The number of aliphatic hydroxyl groups excluding tert-OH is 1. The Balaban J connectivity index is 0.00000232. The predicted molar refractivity (Wildman–Crippen MR) is 162 cm³/mol. The molecule has 3 N–H and O–H groups in total. The molecular weight excluding hydrogens is 607 g/mol. The third-order valence-electron chi connectivity index (χ3n) is 6.02. The molecule has 3 rings (SSSR count). The van der Waals surface area contributed by atoms with Crippen LogP contribution in [-0.4, -0.2) is 72.4 Å². The first-order chi connectivity index (χ1) is 20.5. The van der Waals surface area contributed by atoms with Gasteiger partial charge in [0.05, 0.1) is 31.6 Å². The van der Waals surface area contributed by atoms with Gasteiger partial charge >= 0.3 is 12.3 Å². The highest BCUT2D eigenvalue weighted by Gasteiger charge is 2.57. The maximum absolute atomic E-state index is 14.3. The average molecular weight is 650 g/mol. The standard InChI is InChI=1S/C26H31ClF3N3O7.2C2H6/c1-14-12-33(23(36)40-24(2,3)4)20-16(14)11-19(32-21(20)27)25(37,26(28,29)30)13-31-22(35)15-6-7-17(39-9-8-34)18(10-15)38-5;2*1-2/h6-7,10-11,14,34,37H,8-9,12-13H2,1-5H3,(H,31,35);2*1-2H3. The van der Waals surface area contributed by atoms with E-state index < -0.39 is 52.7 Å². The van der Waals surface area contributed by atoms with Crippen molar-refractivity contribution < 1.29 is 47.2 Å². The maximum atomic E-state index is 14.3. The number of aromatic nitrogens is 1. The summed E-state index contributed by atoms with van der Waals surface area (Å²) in [4.78, 5) is 30.5. The van der Waals surface area contributed by atoms with E-state index >= 15 is 0 Å². The molecule has 1 aromatic heterocycles. The lowest BCUT2D eigenvalue weighted by atomic mass is 9.94. The van der Waals surface area contributed by atoms with Crippen LogP contribution in [0.2, 0.25) is 5.15 Å². The van der Waals surface area contributed by atoms with Crippen molar-refractivity contribution in [1.82, 2.24) is 10.3 Å². The van der Waals surface area contributed by atoms with Gasteiger partial charge < -0.3 is 29.7 Å². The molecule has 248 valence electrons. The molecule has 1 aliphatic heterocycles. The molecule has 2 aromatic rings. The number of nitrogens with one attached hydrogen (secondary N) is 1. The molecule has 2 heterocycles. The van der Waals surface area contributed by atoms with Crippen molar-refractivity contribution in [2.75, 3.05) is 38.3 Å². The normalized spacial score (nSPS) is 15.4. The van der Waals surface area contributed by atoms with Crippen LogP contribution in [-0.2, 0) is 10.3 Å². The minimum Gasteiger partial charge on any atom is -0.493 e. The van der Waals surface area contributed by atoms with E-state index in [-0.39, 0.29) is 48.1 Å². The van der Waals surface area contributed by atoms with Gasteiger partial charge in [0.1, 0.15) is 12.2 Å². The second kappa shape index (κ2) is 16.1. The van der Waals surface area contributed by atoms with Crippen LogP contribution in [0.4, 0.5) is 23.7 Å². The summed E-state index contributed by atoms with van der Waals surface area (Å²) in [5, 5.41) is 21.5. The molecule has 1 aliphatic rings. The van der Waals surface area contributed by atoms with Crippen molar-refractivity contribution in [3.63, 3.8) is 0 Å². The van der Waals surface area contributed by atoms with Crippen LogP contribution in [0.25, 0.3) is 0 Å². The molecule has 2 unspecified atom stereocenters. The number of amides is 2. The summed E-state index contributed by atoms with van der Waals surface area (Å²) in [5.41, 5.74) is -5.00. The Labute approximate surface area is 261 Å². The van der Waals surface area contributed by atoms with Crippen molar-refractivity contribution >= 4 is 29.3 Å². The van der Waals surface area contributed by atoms with E-state index in [1.807, 2.05) is 27.7 Å². The minimum atomic E-state index is -5.27. The van der Waals surface area contributed by atoms with E-state index in [0.717, 1.165) is 6.07 Å². The van der Waals surface area contributed by atoms with Gasteiger partial charge in [-0.15, -0.1) is 0 Å². The summed E-state index contributed by atoms with van der Waals surface area (Å²) in [6.07, 6.45) is -6.01. The molecule has 44 heavy (non-hydrogen) atoms. The average Bonchev–Trinajstić information content (AvgIpc) is 3.32. The number of aliphatic hydroxyl groups is 2. The summed E-state index contributed by atoms with van der Waals surface area (Å²) < 4.78 is 58.6. The van der Waals surface area contributed by atoms with E-state index in [2.05, 4.69) is 10.3 Å². The fourth-order valence-electron chi connectivity index (χ4n) is 4.06. The zero-order chi connectivity index (χ0) is 34.0. The van der Waals surface area contributed by atoms with Crippen molar-refractivity contribution in [3.8, 4) is 11.5 Å². The predicted octanol–water partition coefficient (Wildman–Crippen LogP) is 6.21. The lowest BCUT2D eigenvalue weighted by Crippen LogP contribution is -2.51. The second-order valence-corrected chi connectivity index (χ2v) is 10.6. The Morgan fingerprint density at radius 2 is 1.73 bits per heavy atom. The lowest BCUT2D eigenvalue weighted by molar-refractivity contribution is -0.265. The van der Waals surface area contributed by atoms with Crippen LogP contribution in [0.5, 0.6) is 11.5 Å². The Bertz CT molecular complexity index is 1270. The number of halogens is 4. The monoisotopic (exact) mass is 649 g/mol. The van der Waals surface area contributed by atoms with Gasteiger partial charge in [-0.2, -0.15) is 13.2 Å². The van der Waals surface area contributed by atoms with Crippen molar-refractivity contribution in [2.45, 2.75) is 78.7 Å². The molecule has 0 spiro atoms. The molecule has 2 amide bonds. The Morgan fingerprint density at radius 1 is 1.11 bits per heavy atom. The van der Waals surface area contributed by atoms with Crippen LogP contribution in [0.1, 0.15) is 82.9 Å². The van der Waals surface area contributed by atoms with Crippen LogP contribution in [0, 0.1) is 0 Å². The van der Waals surface area contributed by atoms with Gasteiger partial charge in [-0.3, -0.25) is 9.69 Å². The van der Waals surface area contributed by atoms with Gasteiger partial charge in [-0.05, 0) is 50.6 Å². The van der Waals surface area contributed by atoms with Gasteiger partial charge in [0.25, 0.3) is 5.91 Å². The lowest BCUT2D eigenvalue weighted by Gasteiger charge is -2.31. The molecule has 0 saturated carbocycles. The zero-order valence-electron chi connectivity index (χ0n) is 26.6. The van der Waals surface area contributed by atoms with E-state index in [0.29, 0.717) is 0 Å². The van der Waals surface area contributed by atoms with E-state index in [1.54, 1.807) is 27.7 Å². The number of carbonyl (C=O) groups excluding carboxylic acids is 2. The van der Waals surface area contributed by atoms with E-state index in [9.17, 15) is 27.9 Å². The summed E-state index contributed by atoms with van der Waals surface area (Å²) >= 11 is 6.28. The molecular formula is C30H43ClF3N3O7. The number of benzene rings is 1. The van der Waals surface area contributed by atoms with Crippen LogP contribution in [0.3, 0.4) is 0 Å². The fraction of sp³-hybridized carbons (Fsp3) is 0.567. The van der Waals surface area contributed by atoms with Crippen molar-refractivity contribution in [1.29, 1.82) is 0 Å². The van der Waals surface area contributed by atoms with Gasteiger partial charge in [-0.25, -0.2) is 9.78 Å². The molecule has 0 aliphatic carbocycles. The fourth-order valence-corrected chi connectivity index (χ4v) is 4.36. The smallest absolute Gasteiger partial charge is 0.424 e. The zero-order valence-corrected chi connectivity index (χ0v) is 27.3. The first-order valence-electron chi connectivity index (χ1n) is 14.2. The quantitative estimate of drug-likeness (QED) is 0.288. The molecule has 14 heteroatoms. The first-order valence-corrected chi connectivity index (χ1v) is 14.6. The Hall–Kier alpha value is -3.29. The number of hydrogen-bond acceptors (Lipinski definition) is 8. The number of hydrogen-bond donors (Lipinski definition) is 3. The van der Waals surface area contributed by atoms with Crippen LogP contribution < -0.4 is 19.7 Å². The Morgan fingerprint density at radius 3 is 2.25 bits per heavy atom. The third-order valence-corrected chi connectivity index (χ3v) is 6.29. The van der Waals surface area contributed by atoms with Gasteiger partial charge in [0.2, 0.25) is 5.60 Å². The minimum absolute atomic E-state index is 0.0367. The molecule has 0 bridgehead atoms. The van der Waals surface area contributed by atoms with Gasteiger partial charge in [0, 0.05) is 18.0 Å². The molecule has 0 radical (unpaired) electrons. The number of pyridine rings is 1. The highest BCUT2D eigenvalue weighted by molar-refractivity contribution is 6.33. The number of rotatable bonds is 8. The van der Waals surface area contributed by atoms with Gasteiger partial charge in [-0.1, -0.05) is 46.2 Å². The molecule has 10 nitrogen and oxygen atoms in total. The SMILES string of the molecule is CC.CC.COc1cc(C(=O)NCC(O)(c2cc3c(c(Cl)n2)N(C(=O)OC(C)(C)C)CC3C)C(F)(F)F)ccc1OCCO. The van der Waals surface area contributed by atoms with E-state index in [4.69, 9.17) is 30.9 Å². The number of methoxy groups -OCH3 is 1. The second-order valence-electron chi connectivity index (χ2n) is 10.2. The molecule has 0 saturated heterocycles. The number of nitrogens with zero attached hydrogens (tertiary/aromatic N) is 2. The number of ether oxygens (including phenoxy) is 3. The van der Waals surface area contributed by atoms with E-state index in [1.165, 1.54) is 30.2 Å². The van der Waals surface area contributed by atoms with Gasteiger partial charge in [0.15, 0.2) is 16.7 Å². The molecule has 1 aromatic carbocycles. The maximum Gasteiger partial charge on any atom is 0.424 e. The topological polar surface area (TPSA) is 130 Å². The van der Waals surface area contributed by atoms with Crippen molar-refractivity contribution in [2.24, 2.45) is 0 Å². The summed E-state index contributed by atoms with van der Waals surface area (Å²) in [5.74, 6) is -1.06. The third kappa shape index (κ3) is 9.12. The number of alkyl halides is 3. The first kappa shape index (κ1) is 38.7. The number of anilines is 1. The summed E-state index contributed by atoms with van der Waals surface area (Å²) in [6.45, 7) is 13.2. The number of fused-ring (bicyclic) bond motifs is 1. The Kier molecular flexibility index (Phi) is 14.2. The highest BCUT2D eigenvalue weighted by Crippen LogP contribution is 2.45. The number of carbonyl (C=O) groups is 2. The van der Waals surface area contributed by atoms with Crippen LogP contribution >= 0.6 is 11.6 Å². The largest absolute Gasteiger partial charge is 0.493 e.